The van der Waals surface area contributed by atoms with Crippen molar-refractivity contribution in [3.05, 3.63) is 52.9 Å². The van der Waals surface area contributed by atoms with Gasteiger partial charge in [0.1, 0.15) is 17.2 Å². The highest BCUT2D eigenvalue weighted by molar-refractivity contribution is 7.14. The predicted molar refractivity (Wildman–Crippen MR) is 58.6 cm³/mol. The lowest BCUT2D eigenvalue weighted by Crippen LogP contribution is -2.14. The Bertz CT molecular complexity index is 490. The number of halogens is 2. The largest absolute Gasteiger partial charge is 0.313 e. The zero-order valence-electron chi connectivity index (χ0n) is 8.04. The highest BCUT2D eigenvalue weighted by Crippen LogP contribution is 2.18. The lowest BCUT2D eigenvalue weighted by atomic mass is 10.2. The zero-order valence-corrected chi connectivity index (χ0v) is 8.85. The Balaban J connectivity index is 2.28. The van der Waals surface area contributed by atoms with Crippen molar-refractivity contribution in [2.45, 2.75) is 0 Å². The second-order valence-electron chi connectivity index (χ2n) is 3.03. The fourth-order valence-electron chi connectivity index (χ4n) is 1.24. The number of carbonyl (C=O) groups is 1. The molecular formula is C11H7F2NOS. The van der Waals surface area contributed by atoms with Crippen molar-refractivity contribution in [2.24, 2.45) is 0 Å². The summed E-state index contributed by atoms with van der Waals surface area (Å²) in [6.45, 7) is 0. The van der Waals surface area contributed by atoms with Gasteiger partial charge < -0.3 is 5.32 Å². The number of hydrogen-bond acceptors (Lipinski definition) is 2. The molecule has 0 bridgehead atoms. The van der Waals surface area contributed by atoms with Gasteiger partial charge in [-0.25, -0.2) is 8.78 Å². The van der Waals surface area contributed by atoms with E-state index in [0.717, 1.165) is 12.1 Å². The Labute approximate surface area is 94.5 Å². The average molecular weight is 239 g/mol. The van der Waals surface area contributed by atoms with Gasteiger partial charge in [0.15, 0.2) is 0 Å². The molecule has 2 nitrogen and oxygen atoms in total. The molecule has 0 aliphatic rings. The third kappa shape index (κ3) is 2.09. The van der Waals surface area contributed by atoms with E-state index >= 15 is 0 Å². The number of hydrogen-bond donors (Lipinski definition) is 1. The molecule has 0 radical (unpaired) electrons. The van der Waals surface area contributed by atoms with Gasteiger partial charge in [-0.05, 0) is 29.6 Å². The molecule has 0 saturated carbocycles. The first kappa shape index (κ1) is 10.8. The number of nitrogens with one attached hydrogen (secondary N) is 1. The van der Waals surface area contributed by atoms with E-state index < -0.39 is 23.1 Å². The SMILES string of the molecule is O=C(Nc1cccs1)c1c(F)cccc1F. The number of thiophene rings is 1. The van der Waals surface area contributed by atoms with Crippen LogP contribution in [0.4, 0.5) is 13.8 Å². The Morgan fingerprint density at radius 1 is 1.12 bits per heavy atom. The summed E-state index contributed by atoms with van der Waals surface area (Å²) in [7, 11) is 0. The van der Waals surface area contributed by atoms with Crippen LogP contribution in [0.15, 0.2) is 35.7 Å². The maximum atomic E-state index is 13.2. The van der Waals surface area contributed by atoms with Gasteiger partial charge in [0.25, 0.3) is 5.91 Å². The van der Waals surface area contributed by atoms with Crippen molar-refractivity contribution in [1.82, 2.24) is 0 Å². The third-order valence-corrected chi connectivity index (χ3v) is 2.73. The van der Waals surface area contributed by atoms with Gasteiger partial charge in [-0.2, -0.15) is 0 Å². The van der Waals surface area contributed by atoms with Crippen LogP contribution in [0.3, 0.4) is 0 Å². The first-order valence-corrected chi connectivity index (χ1v) is 5.35. The fourth-order valence-corrected chi connectivity index (χ4v) is 1.85. The number of benzene rings is 1. The predicted octanol–water partition coefficient (Wildman–Crippen LogP) is 3.28. The topological polar surface area (TPSA) is 29.1 Å². The summed E-state index contributed by atoms with van der Waals surface area (Å²) in [6, 6.07) is 6.70. The van der Waals surface area contributed by atoms with E-state index in [-0.39, 0.29) is 0 Å². The minimum absolute atomic E-state index is 0.549. The molecule has 1 aromatic heterocycles. The summed E-state index contributed by atoms with van der Waals surface area (Å²) in [5, 5.41) is 4.73. The smallest absolute Gasteiger partial charge is 0.262 e. The van der Waals surface area contributed by atoms with Gasteiger partial charge in [-0.1, -0.05) is 6.07 Å². The van der Waals surface area contributed by atoms with Gasteiger partial charge in [0.05, 0.1) is 5.00 Å². The maximum Gasteiger partial charge on any atom is 0.262 e. The zero-order chi connectivity index (χ0) is 11.5. The van der Waals surface area contributed by atoms with E-state index in [1.807, 2.05) is 0 Å². The van der Waals surface area contributed by atoms with Gasteiger partial charge in [0.2, 0.25) is 0 Å². The molecule has 2 rings (SSSR count). The summed E-state index contributed by atoms with van der Waals surface area (Å²) in [5.41, 5.74) is -0.559. The summed E-state index contributed by atoms with van der Waals surface area (Å²) >= 11 is 1.28. The number of rotatable bonds is 2. The van der Waals surface area contributed by atoms with Crippen LogP contribution < -0.4 is 5.32 Å². The molecule has 2 aromatic rings. The molecule has 16 heavy (non-hydrogen) atoms. The molecule has 0 saturated heterocycles. The highest BCUT2D eigenvalue weighted by atomic mass is 32.1. The number of amides is 1. The Morgan fingerprint density at radius 2 is 1.81 bits per heavy atom. The van der Waals surface area contributed by atoms with E-state index in [9.17, 15) is 13.6 Å². The first-order valence-electron chi connectivity index (χ1n) is 4.47. The number of carbonyl (C=O) groups excluding carboxylic acids is 1. The number of anilines is 1. The van der Waals surface area contributed by atoms with E-state index in [2.05, 4.69) is 5.32 Å². The molecule has 1 heterocycles. The lowest BCUT2D eigenvalue weighted by molar-refractivity contribution is 0.101. The van der Waals surface area contributed by atoms with Crippen molar-refractivity contribution in [3.63, 3.8) is 0 Å². The Morgan fingerprint density at radius 3 is 2.38 bits per heavy atom. The quantitative estimate of drug-likeness (QED) is 0.856. The van der Waals surface area contributed by atoms with Crippen LogP contribution in [0, 0.1) is 11.6 Å². The van der Waals surface area contributed by atoms with Gasteiger partial charge in [-0.3, -0.25) is 4.79 Å². The van der Waals surface area contributed by atoms with Gasteiger partial charge in [0, 0.05) is 0 Å². The average Bonchev–Trinajstić information content (AvgIpc) is 2.70. The molecule has 0 aliphatic carbocycles. The molecule has 82 valence electrons. The molecule has 0 unspecified atom stereocenters. The Hall–Kier alpha value is -1.75. The fraction of sp³-hybridized carbons (Fsp3) is 0. The molecule has 5 heteroatoms. The van der Waals surface area contributed by atoms with Crippen LogP contribution in [0.2, 0.25) is 0 Å². The minimum atomic E-state index is -0.867. The van der Waals surface area contributed by atoms with Crippen molar-refractivity contribution in [3.8, 4) is 0 Å². The van der Waals surface area contributed by atoms with Crippen molar-refractivity contribution in [1.29, 1.82) is 0 Å². The second kappa shape index (κ2) is 4.40. The molecule has 1 aromatic carbocycles. The minimum Gasteiger partial charge on any atom is -0.313 e. The van der Waals surface area contributed by atoms with E-state index in [1.165, 1.54) is 17.4 Å². The molecular weight excluding hydrogens is 232 g/mol. The van der Waals surface area contributed by atoms with E-state index in [1.54, 1.807) is 17.5 Å². The van der Waals surface area contributed by atoms with Crippen LogP contribution in [0.25, 0.3) is 0 Å². The maximum absolute atomic E-state index is 13.2. The highest BCUT2D eigenvalue weighted by Gasteiger charge is 2.16. The first-order chi connectivity index (χ1) is 7.68. The molecule has 0 fully saturated rings. The third-order valence-electron chi connectivity index (χ3n) is 1.95. The molecule has 0 spiro atoms. The Kier molecular flexibility index (Phi) is 2.96. The molecule has 0 atom stereocenters. The molecule has 1 N–H and O–H groups in total. The van der Waals surface area contributed by atoms with Gasteiger partial charge in [-0.15, -0.1) is 11.3 Å². The second-order valence-corrected chi connectivity index (χ2v) is 3.98. The lowest BCUT2D eigenvalue weighted by Gasteiger charge is -2.04. The molecule has 1 amide bonds. The van der Waals surface area contributed by atoms with Gasteiger partial charge >= 0.3 is 0 Å². The summed E-state index contributed by atoms with van der Waals surface area (Å²) in [4.78, 5) is 11.6. The standard InChI is InChI=1S/C11H7F2NOS/c12-7-3-1-4-8(13)10(7)11(15)14-9-5-2-6-16-9/h1-6H,(H,14,15). The van der Waals surface area contributed by atoms with E-state index in [4.69, 9.17) is 0 Å². The van der Waals surface area contributed by atoms with Crippen molar-refractivity contribution >= 4 is 22.2 Å². The summed E-state index contributed by atoms with van der Waals surface area (Å²) in [6.07, 6.45) is 0. The summed E-state index contributed by atoms with van der Waals surface area (Å²) in [5.74, 6) is -2.51. The van der Waals surface area contributed by atoms with Crippen LogP contribution in [-0.4, -0.2) is 5.91 Å². The van der Waals surface area contributed by atoms with E-state index in [0.29, 0.717) is 5.00 Å². The summed E-state index contributed by atoms with van der Waals surface area (Å²) < 4.78 is 26.5. The van der Waals surface area contributed by atoms with Crippen LogP contribution >= 0.6 is 11.3 Å². The monoisotopic (exact) mass is 239 g/mol. The van der Waals surface area contributed by atoms with Crippen molar-refractivity contribution in [2.75, 3.05) is 5.32 Å². The van der Waals surface area contributed by atoms with Crippen molar-refractivity contribution < 1.29 is 13.6 Å². The molecule has 0 aliphatic heterocycles. The van der Waals surface area contributed by atoms with Crippen LogP contribution in [0.5, 0.6) is 0 Å². The van der Waals surface area contributed by atoms with Crippen LogP contribution in [0.1, 0.15) is 10.4 Å². The van der Waals surface area contributed by atoms with Crippen LogP contribution in [-0.2, 0) is 0 Å². The normalized spacial score (nSPS) is 10.1.